The van der Waals surface area contributed by atoms with Gasteiger partial charge in [-0.1, -0.05) is 18.2 Å². The molecule has 2 rings (SSSR count). The largest absolute Gasteiger partial charge is 1.00 e. The number of rotatable bonds is 1. The molecule has 0 amide bonds. The summed E-state index contributed by atoms with van der Waals surface area (Å²) in [5, 5.41) is 10.5. The van der Waals surface area contributed by atoms with Crippen LogP contribution < -0.4 is 39.4 Å². The molecular weight excluding hydrogens is 207 g/mol. The van der Waals surface area contributed by atoms with Gasteiger partial charge in [0.05, 0.1) is 5.97 Å². The van der Waals surface area contributed by atoms with E-state index in [1.54, 1.807) is 6.07 Å². The van der Waals surface area contributed by atoms with Gasteiger partial charge in [0.2, 0.25) is 0 Å². The van der Waals surface area contributed by atoms with Crippen molar-refractivity contribution < 1.29 is 49.7 Å². The molecule has 4 nitrogen and oxygen atoms in total. The summed E-state index contributed by atoms with van der Waals surface area (Å²) in [4.78, 5) is 10.5. The Morgan fingerprint density at radius 2 is 2.07 bits per heavy atom. The predicted octanol–water partition coefficient (Wildman–Crippen LogP) is -3.69. The van der Waals surface area contributed by atoms with Crippen LogP contribution in [0.25, 0.3) is 0 Å². The van der Waals surface area contributed by atoms with Crippen LogP contribution in [0.1, 0.15) is 12.0 Å². The van der Waals surface area contributed by atoms with Gasteiger partial charge in [-0.25, -0.2) is 0 Å². The fourth-order valence-electron chi connectivity index (χ4n) is 1.49. The molecule has 0 aromatic heterocycles. The SMILES string of the molecule is O.O=C([O-])C1CCc2ccccc2O1.[Na+]. The van der Waals surface area contributed by atoms with Crippen LogP contribution in [0.3, 0.4) is 0 Å². The molecule has 76 valence electrons. The van der Waals surface area contributed by atoms with Crippen molar-refractivity contribution in [1.82, 2.24) is 0 Å². The topological polar surface area (TPSA) is 80.9 Å². The first-order chi connectivity index (χ1) is 6.27. The zero-order valence-corrected chi connectivity index (χ0v) is 10.5. The van der Waals surface area contributed by atoms with Crippen LogP contribution in [0.15, 0.2) is 24.3 Å². The minimum absolute atomic E-state index is 0. The summed E-state index contributed by atoms with van der Waals surface area (Å²) in [7, 11) is 0. The number of carbonyl (C=O) groups excluding carboxylic acids is 1. The minimum Gasteiger partial charge on any atom is -0.546 e. The summed E-state index contributed by atoms with van der Waals surface area (Å²) in [6, 6.07) is 7.48. The number of carbonyl (C=O) groups is 1. The van der Waals surface area contributed by atoms with E-state index in [9.17, 15) is 9.90 Å². The number of hydrogen-bond acceptors (Lipinski definition) is 3. The Balaban J connectivity index is 0.000000980. The molecule has 1 aliphatic heterocycles. The van der Waals surface area contributed by atoms with E-state index in [4.69, 9.17) is 4.74 Å². The number of carboxylic acids is 1. The van der Waals surface area contributed by atoms with Crippen molar-refractivity contribution in [3.8, 4) is 5.75 Å². The van der Waals surface area contributed by atoms with Crippen molar-refractivity contribution in [3.05, 3.63) is 29.8 Å². The van der Waals surface area contributed by atoms with Crippen LogP contribution in [0, 0.1) is 0 Å². The third-order valence-electron chi connectivity index (χ3n) is 2.18. The number of ether oxygens (including phenoxy) is 1. The summed E-state index contributed by atoms with van der Waals surface area (Å²) in [6.07, 6.45) is 0.462. The molecule has 5 heteroatoms. The summed E-state index contributed by atoms with van der Waals surface area (Å²) in [5.41, 5.74) is 1.07. The first-order valence-corrected chi connectivity index (χ1v) is 4.23. The van der Waals surface area contributed by atoms with Gasteiger partial charge in [-0.15, -0.1) is 0 Å². The van der Waals surface area contributed by atoms with Crippen LogP contribution in [0.5, 0.6) is 5.75 Å². The van der Waals surface area contributed by atoms with Crippen LogP contribution >= 0.6 is 0 Å². The number of hydrogen-bond donors (Lipinski definition) is 0. The van der Waals surface area contributed by atoms with E-state index in [1.807, 2.05) is 18.2 Å². The van der Waals surface area contributed by atoms with Crippen molar-refractivity contribution in [1.29, 1.82) is 0 Å². The maximum absolute atomic E-state index is 10.5. The number of aliphatic carboxylic acids is 1. The van der Waals surface area contributed by atoms with Gasteiger partial charge in [0, 0.05) is 0 Å². The molecular formula is C10H11NaO4. The fourth-order valence-corrected chi connectivity index (χ4v) is 1.49. The third kappa shape index (κ3) is 3.21. The molecule has 0 spiro atoms. The van der Waals surface area contributed by atoms with E-state index >= 15 is 0 Å². The van der Waals surface area contributed by atoms with Crippen LogP contribution in [-0.2, 0) is 11.2 Å². The second-order valence-corrected chi connectivity index (χ2v) is 3.07. The molecule has 1 aromatic carbocycles. The van der Waals surface area contributed by atoms with Gasteiger partial charge in [-0.2, -0.15) is 0 Å². The summed E-state index contributed by atoms with van der Waals surface area (Å²) in [5.74, 6) is -0.461. The molecule has 1 aliphatic rings. The molecule has 0 saturated heterocycles. The maximum Gasteiger partial charge on any atom is 1.00 e. The second kappa shape index (κ2) is 6.12. The molecule has 0 radical (unpaired) electrons. The van der Waals surface area contributed by atoms with Gasteiger partial charge >= 0.3 is 29.6 Å². The van der Waals surface area contributed by atoms with E-state index in [0.717, 1.165) is 12.0 Å². The first kappa shape index (κ1) is 14.5. The molecule has 0 aliphatic carbocycles. The van der Waals surface area contributed by atoms with Gasteiger partial charge < -0.3 is 20.1 Å². The second-order valence-electron chi connectivity index (χ2n) is 3.07. The molecule has 1 atom stereocenters. The molecule has 15 heavy (non-hydrogen) atoms. The number of carboxylic acid groups (broad SMARTS) is 1. The molecule has 0 fully saturated rings. The summed E-state index contributed by atoms with van der Waals surface area (Å²) >= 11 is 0. The van der Waals surface area contributed by atoms with E-state index in [2.05, 4.69) is 0 Å². The Hall–Kier alpha value is -0.550. The van der Waals surface area contributed by atoms with Crippen molar-refractivity contribution in [2.75, 3.05) is 0 Å². The molecule has 1 aromatic rings. The van der Waals surface area contributed by atoms with Crippen molar-refractivity contribution in [2.45, 2.75) is 18.9 Å². The summed E-state index contributed by atoms with van der Waals surface area (Å²) < 4.78 is 5.23. The Morgan fingerprint density at radius 1 is 1.40 bits per heavy atom. The number of aryl methyl sites for hydroxylation is 1. The van der Waals surface area contributed by atoms with Crippen LogP contribution in [0.2, 0.25) is 0 Å². The van der Waals surface area contributed by atoms with Gasteiger partial charge in [0.15, 0.2) is 0 Å². The Morgan fingerprint density at radius 3 is 2.73 bits per heavy atom. The average molecular weight is 218 g/mol. The average Bonchev–Trinajstić information content (AvgIpc) is 2.17. The monoisotopic (exact) mass is 218 g/mol. The van der Waals surface area contributed by atoms with Crippen molar-refractivity contribution in [3.63, 3.8) is 0 Å². The van der Waals surface area contributed by atoms with E-state index in [0.29, 0.717) is 12.2 Å². The number of fused-ring (bicyclic) bond motifs is 1. The molecule has 0 bridgehead atoms. The zero-order valence-electron chi connectivity index (χ0n) is 8.53. The van der Waals surface area contributed by atoms with Crippen molar-refractivity contribution >= 4 is 5.97 Å². The quantitative estimate of drug-likeness (QED) is 0.455. The number of benzene rings is 1. The van der Waals surface area contributed by atoms with E-state index < -0.39 is 12.1 Å². The predicted molar refractivity (Wildman–Crippen MR) is 47.8 cm³/mol. The van der Waals surface area contributed by atoms with E-state index in [1.165, 1.54) is 0 Å². The van der Waals surface area contributed by atoms with E-state index in [-0.39, 0.29) is 35.0 Å². The smallest absolute Gasteiger partial charge is 0.546 e. The van der Waals surface area contributed by atoms with Gasteiger partial charge in [0.1, 0.15) is 11.9 Å². The summed E-state index contributed by atoms with van der Waals surface area (Å²) in [6.45, 7) is 0. The van der Waals surface area contributed by atoms with Gasteiger partial charge in [-0.3, -0.25) is 0 Å². The first-order valence-electron chi connectivity index (χ1n) is 4.23. The zero-order chi connectivity index (χ0) is 9.26. The Kier molecular flexibility index (Phi) is 5.90. The molecule has 1 unspecified atom stereocenters. The fraction of sp³-hybridized carbons (Fsp3) is 0.300. The van der Waals surface area contributed by atoms with Crippen molar-refractivity contribution in [2.24, 2.45) is 0 Å². The molecule has 0 saturated carbocycles. The van der Waals surface area contributed by atoms with Gasteiger partial charge in [-0.05, 0) is 24.5 Å². The van der Waals surface area contributed by atoms with Crippen LogP contribution in [0.4, 0.5) is 0 Å². The minimum atomic E-state index is -1.13. The molecule has 1 heterocycles. The Bertz CT molecular complexity index is 340. The standard InChI is InChI=1S/C10H10O3.Na.H2O/c11-10(12)9-6-5-7-3-1-2-4-8(7)13-9;;/h1-4,9H,5-6H2,(H,11,12);;1H2/q;+1;/p-1. The third-order valence-corrected chi connectivity index (χ3v) is 2.18. The normalized spacial score (nSPS) is 17.5. The van der Waals surface area contributed by atoms with Crippen LogP contribution in [-0.4, -0.2) is 17.5 Å². The maximum atomic E-state index is 10.5. The van der Waals surface area contributed by atoms with Gasteiger partial charge in [0.25, 0.3) is 0 Å². The number of para-hydroxylation sites is 1. The molecule has 2 N–H and O–H groups in total. The Labute approximate surface area is 110 Å².